The van der Waals surface area contributed by atoms with Gasteiger partial charge >= 0.3 is 0 Å². The van der Waals surface area contributed by atoms with Crippen molar-refractivity contribution in [2.75, 3.05) is 39.5 Å². The van der Waals surface area contributed by atoms with Crippen LogP contribution in [0.3, 0.4) is 0 Å². The summed E-state index contributed by atoms with van der Waals surface area (Å²) in [6, 6.07) is 5.10. The largest absolute Gasteiger partial charge is 0.491 e. The summed E-state index contributed by atoms with van der Waals surface area (Å²) in [7, 11) is 3.93. The van der Waals surface area contributed by atoms with Gasteiger partial charge in [-0.25, -0.2) is 0 Å². The molecule has 5 nitrogen and oxygen atoms in total. The number of nitrogens with two attached hydrogens (primary N) is 1. The Bertz CT molecular complexity index is 419. The molecule has 0 radical (unpaired) electrons. The van der Waals surface area contributed by atoms with E-state index >= 15 is 0 Å². The van der Waals surface area contributed by atoms with Gasteiger partial charge in [0.15, 0.2) is 0 Å². The number of likely N-dealkylation sites (N-methyl/N-ethyl adjacent to an activating group) is 1. The number of hydrogen-bond donors (Lipinski definition) is 2. The maximum atomic E-state index is 11.9. The molecule has 0 saturated carbocycles. The lowest BCUT2D eigenvalue weighted by Crippen LogP contribution is -2.31. The number of benzene rings is 1. The van der Waals surface area contributed by atoms with Crippen LogP contribution in [0, 0.1) is 0 Å². The SMILES string of the molecule is CCCOc1cc(C(=O)NCCN(C)C)ccc1N. The summed E-state index contributed by atoms with van der Waals surface area (Å²) in [4.78, 5) is 14.0. The van der Waals surface area contributed by atoms with Gasteiger partial charge in [0.05, 0.1) is 12.3 Å². The average molecular weight is 265 g/mol. The molecule has 1 rings (SSSR count). The van der Waals surface area contributed by atoms with Crippen molar-refractivity contribution < 1.29 is 9.53 Å². The summed E-state index contributed by atoms with van der Waals surface area (Å²) in [5, 5.41) is 2.86. The number of nitrogens with one attached hydrogen (secondary N) is 1. The molecule has 0 unspecified atom stereocenters. The molecule has 1 aromatic rings. The Labute approximate surface area is 114 Å². The fourth-order valence-electron chi connectivity index (χ4n) is 1.51. The number of amides is 1. The van der Waals surface area contributed by atoms with Crippen molar-refractivity contribution in [3.8, 4) is 5.75 Å². The van der Waals surface area contributed by atoms with Crippen LogP contribution in [0.5, 0.6) is 5.75 Å². The van der Waals surface area contributed by atoms with Crippen LogP contribution >= 0.6 is 0 Å². The molecule has 1 amide bonds. The van der Waals surface area contributed by atoms with Crippen molar-refractivity contribution in [1.82, 2.24) is 10.2 Å². The molecule has 1 aromatic carbocycles. The monoisotopic (exact) mass is 265 g/mol. The van der Waals surface area contributed by atoms with Crippen molar-refractivity contribution in [3.05, 3.63) is 23.8 Å². The van der Waals surface area contributed by atoms with Gasteiger partial charge in [-0.2, -0.15) is 0 Å². The van der Waals surface area contributed by atoms with Crippen LogP contribution in [0.25, 0.3) is 0 Å². The molecular weight excluding hydrogens is 242 g/mol. The molecule has 19 heavy (non-hydrogen) atoms. The number of anilines is 1. The maximum absolute atomic E-state index is 11.9. The lowest BCUT2D eigenvalue weighted by Gasteiger charge is -2.12. The van der Waals surface area contributed by atoms with Crippen molar-refractivity contribution in [3.63, 3.8) is 0 Å². The van der Waals surface area contributed by atoms with Gasteiger partial charge < -0.3 is 20.7 Å². The van der Waals surface area contributed by atoms with E-state index in [1.807, 2.05) is 25.9 Å². The van der Waals surface area contributed by atoms with E-state index in [0.29, 0.717) is 30.2 Å². The fraction of sp³-hybridized carbons (Fsp3) is 0.500. The first kappa shape index (κ1) is 15.3. The van der Waals surface area contributed by atoms with Gasteiger partial charge in [-0.3, -0.25) is 4.79 Å². The van der Waals surface area contributed by atoms with Crippen molar-refractivity contribution >= 4 is 11.6 Å². The van der Waals surface area contributed by atoms with E-state index in [1.54, 1.807) is 18.2 Å². The first-order chi connectivity index (χ1) is 9.04. The zero-order valence-corrected chi connectivity index (χ0v) is 11.9. The van der Waals surface area contributed by atoms with E-state index in [2.05, 4.69) is 5.32 Å². The highest BCUT2D eigenvalue weighted by molar-refractivity contribution is 5.95. The molecule has 0 atom stereocenters. The van der Waals surface area contributed by atoms with Gasteiger partial charge in [-0.1, -0.05) is 6.92 Å². The summed E-state index contributed by atoms with van der Waals surface area (Å²) in [5.41, 5.74) is 6.93. The average Bonchev–Trinajstić information content (AvgIpc) is 2.37. The third kappa shape index (κ3) is 5.18. The maximum Gasteiger partial charge on any atom is 0.251 e. The van der Waals surface area contributed by atoms with Crippen LogP contribution in [-0.4, -0.2) is 44.6 Å². The highest BCUT2D eigenvalue weighted by Gasteiger charge is 2.09. The Morgan fingerprint density at radius 3 is 2.79 bits per heavy atom. The minimum absolute atomic E-state index is 0.108. The van der Waals surface area contributed by atoms with Gasteiger partial charge in [-0.15, -0.1) is 0 Å². The minimum Gasteiger partial charge on any atom is -0.491 e. The topological polar surface area (TPSA) is 67.6 Å². The van der Waals surface area contributed by atoms with Crippen LogP contribution in [0.15, 0.2) is 18.2 Å². The molecule has 0 fully saturated rings. The summed E-state index contributed by atoms with van der Waals surface area (Å²) < 4.78 is 5.51. The quantitative estimate of drug-likeness (QED) is 0.730. The summed E-state index contributed by atoms with van der Waals surface area (Å²) in [5.74, 6) is 0.463. The number of ether oxygens (including phenoxy) is 1. The summed E-state index contributed by atoms with van der Waals surface area (Å²) in [6.07, 6.45) is 0.901. The second-order valence-corrected chi connectivity index (χ2v) is 4.66. The van der Waals surface area contributed by atoms with Crippen LogP contribution < -0.4 is 15.8 Å². The lowest BCUT2D eigenvalue weighted by atomic mass is 10.2. The predicted octanol–water partition coefficient (Wildman–Crippen LogP) is 1.35. The highest BCUT2D eigenvalue weighted by atomic mass is 16.5. The number of nitrogen functional groups attached to an aromatic ring is 1. The Hall–Kier alpha value is -1.75. The normalized spacial score (nSPS) is 10.5. The third-order valence-corrected chi connectivity index (χ3v) is 2.58. The molecule has 0 saturated heterocycles. The lowest BCUT2D eigenvalue weighted by molar-refractivity contribution is 0.0950. The number of rotatable bonds is 7. The number of hydrogen-bond acceptors (Lipinski definition) is 4. The van der Waals surface area contributed by atoms with E-state index in [0.717, 1.165) is 13.0 Å². The Balaban J connectivity index is 2.64. The van der Waals surface area contributed by atoms with E-state index < -0.39 is 0 Å². The van der Waals surface area contributed by atoms with E-state index in [4.69, 9.17) is 10.5 Å². The van der Waals surface area contributed by atoms with Gasteiger partial charge in [0.2, 0.25) is 0 Å². The predicted molar refractivity (Wildman–Crippen MR) is 77.5 cm³/mol. The van der Waals surface area contributed by atoms with Gasteiger partial charge in [0.1, 0.15) is 5.75 Å². The molecule has 0 aliphatic rings. The second-order valence-electron chi connectivity index (χ2n) is 4.66. The van der Waals surface area contributed by atoms with Gasteiger partial charge in [0, 0.05) is 18.7 Å². The summed E-state index contributed by atoms with van der Waals surface area (Å²) in [6.45, 7) is 4.03. The first-order valence-electron chi connectivity index (χ1n) is 6.49. The Morgan fingerprint density at radius 1 is 1.42 bits per heavy atom. The Kier molecular flexibility index (Phi) is 6.15. The molecular formula is C14H23N3O2. The van der Waals surface area contributed by atoms with Gasteiger partial charge in [0.25, 0.3) is 5.91 Å². The van der Waals surface area contributed by atoms with Crippen molar-refractivity contribution in [1.29, 1.82) is 0 Å². The zero-order chi connectivity index (χ0) is 14.3. The third-order valence-electron chi connectivity index (χ3n) is 2.58. The molecule has 0 aliphatic heterocycles. The van der Waals surface area contributed by atoms with Gasteiger partial charge in [-0.05, 0) is 38.7 Å². The molecule has 0 bridgehead atoms. The van der Waals surface area contributed by atoms with E-state index in [9.17, 15) is 4.79 Å². The fourth-order valence-corrected chi connectivity index (χ4v) is 1.51. The van der Waals surface area contributed by atoms with Crippen LogP contribution in [0.4, 0.5) is 5.69 Å². The minimum atomic E-state index is -0.108. The number of nitrogens with zero attached hydrogens (tertiary/aromatic N) is 1. The first-order valence-corrected chi connectivity index (χ1v) is 6.49. The number of carbonyl (C=O) groups excluding carboxylic acids is 1. The molecule has 0 aromatic heterocycles. The Morgan fingerprint density at radius 2 is 2.16 bits per heavy atom. The van der Waals surface area contributed by atoms with E-state index in [1.165, 1.54) is 0 Å². The smallest absolute Gasteiger partial charge is 0.251 e. The summed E-state index contributed by atoms with van der Waals surface area (Å²) >= 11 is 0. The molecule has 5 heteroatoms. The zero-order valence-electron chi connectivity index (χ0n) is 11.9. The highest BCUT2D eigenvalue weighted by Crippen LogP contribution is 2.22. The molecule has 106 valence electrons. The molecule has 3 N–H and O–H groups in total. The van der Waals surface area contributed by atoms with Crippen LogP contribution in [0.1, 0.15) is 23.7 Å². The second kappa shape index (κ2) is 7.63. The van der Waals surface area contributed by atoms with Crippen LogP contribution in [-0.2, 0) is 0 Å². The molecule has 0 spiro atoms. The molecule has 0 aliphatic carbocycles. The van der Waals surface area contributed by atoms with E-state index in [-0.39, 0.29) is 5.91 Å². The molecule has 0 heterocycles. The number of carbonyl (C=O) groups is 1. The van der Waals surface area contributed by atoms with Crippen LogP contribution in [0.2, 0.25) is 0 Å². The standard InChI is InChI=1S/C14H23N3O2/c1-4-9-19-13-10-11(5-6-12(13)15)14(18)16-7-8-17(2)3/h5-6,10H,4,7-9,15H2,1-3H3,(H,16,18). The van der Waals surface area contributed by atoms with Crippen molar-refractivity contribution in [2.45, 2.75) is 13.3 Å². The van der Waals surface area contributed by atoms with Crippen molar-refractivity contribution in [2.24, 2.45) is 0 Å².